The van der Waals surface area contributed by atoms with E-state index in [2.05, 4.69) is 11.5 Å². The molecule has 0 radical (unpaired) electrons. The molecule has 1 heterocycles. The first-order valence-electron chi connectivity index (χ1n) is 5.46. The van der Waals surface area contributed by atoms with E-state index in [0.717, 1.165) is 22.6 Å². The summed E-state index contributed by atoms with van der Waals surface area (Å²) in [7, 11) is 0. The monoisotopic (exact) mass is 252 g/mol. The maximum atomic E-state index is 11.8. The molecule has 0 aliphatic carbocycles. The van der Waals surface area contributed by atoms with Gasteiger partial charge in [0.15, 0.2) is 0 Å². The molecule has 17 heavy (non-hydrogen) atoms. The highest BCUT2D eigenvalue weighted by Crippen LogP contribution is 2.35. The van der Waals surface area contributed by atoms with Crippen LogP contribution in [0, 0.1) is 0 Å². The minimum atomic E-state index is 0.0744. The van der Waals surface area contributed by atoms with Crippen LogP contribution in [0.2, 0.25) is 0 Å². The maximum absolute atomic E-state index is 11.8. The smallest absolute Gasteiger partial charge is 0.238 e. The van der Waals surface area contributed by atoms with Crippen LogP contribution >= 0.6 is 11.8 Å². The van der Waals surface area contributed by atoms with Crippen molar-refractivity contribution in [1.82, 2.24) is 5.43 Å². The zero-order valence-electron chi connectivity index (χ0n) is 9.48. The van der Waals surface area contributed by atoms with Gasteiger partial charge in [-0.3, -0.25) is 15.5 Å². The SMILES string of the molecule is NCCc1ccc2c(c1)N(CNN)C(=O)CS2. The van der Waals surface area contributed by atoms with Crippen LogP contribution in [0.4, 0.5) is 5.69 Å². The molecule has 1 aromatic carbocycles. The van der Waals surface area contributed by atoms with Crippen LogP contribution in [0.1, 0.15) is 5.56 Å². The highest BCUT2D eigenvalue weighted by atomic mass is 32.2. The molecule has 1 aliphatic rings. The molecule has 0 unspecified atom stereocenters. The molecule has 0 spiro atoms. The minimum absolute atomic E-state index is 0.0744. The number of carbonyl (C=O) groups is 1. The predicted molar refractivity (Wildman–Crippen MR) is 69.6 cm³/mol. The molecule has 0 aromatic heterocycles. The van der Waals surface area contributed by atoms with Crippen LogP contribution in [-0.4, -0.2) is 24.9 Å². The van der Waals surface area contributed by atoms with Crippen LogP contribution in [0.5, 0.6) is 0 Å². The number of nitrogens with zero attached hydrogens (tertiary/aromatic N) is 1. The van der Waals surface area contributed by atoms with Crippen molar-refractivity contribution in [2.24, 2.45) is 11.6 Å². The summed E-state index contributed by atoms with van der Waals surface area (Å²) in [5, 5.41) is 0. The van der Waals surface area contributed by atoms with Gasteiger partial charge in [-0.2, -0.15) is 0 Å². The third-order valence-electron chi connectivity index (χ3n) is 2.65. The molecular formula is C11H16N4OS. The van der Waals surface area contributed by atoms with Crippen LogP contribution in [-0.2, 0) is 11.2 Å². The van der Waals surface area contributed by atoms with Gasteiger partial charge in [-0.25, -0.2) is 5.43 Å². The Hall–Kier alpha value is -1.08. The van der Waals surface area contributed by atoms with Crippen molar-refractivity contribution in [3.05, 3.63) is 23.8 Å². The molecular weight excluding hydrogens is 236 g/mol. The summed E-state index contributed by atoms with van der Waals surface area (Å²) in [6.45, 7) is 0.938. The molecule has 1 aliphatic heterocycles. The van der Waals surface area contributed by atoms with Crippen LogP contribution in [0.3, 0.4) is 0 Å². The molecule has 92 valence electrons. The van der Waals surface area contributed by atoms with Gasteiger partial charge >= 0.3 is 0 Å². The van der Waals surface area contributed by atoms with Crippen LogP contribution < -0.4 is 21.9 Å². The Morgan fingerprint density at radius 2 is 2.29 bits per heavy atom. The average molecular weight is 252 g/mol. The van der Waals surface area contributed by atoms with Crippen LogP contribution in [0.15, 0.2) is 23.1 Å². The van der Waals surface area contributed by atoms with Gasteiger partial charge in [-0.05, 0) is 30.7 Å². The summed E-state index contributed by atoms with van der Waals surface area (Å²) >= 11 is 1.56. The van der Waals surface area contributed by atoms with Crippen molar-refractivity contribution in [3.8, 4) is 0 Å². The number of carbonyl (C=O) groups excluding carboxylic acids is 1. The van der Waals surface area contributed by atoms with Gasteiger partial charge in [0.2, 0.25) is 5.91 Å². The van der Waals surface area contributed by atoms with Gasteiger partial charge in [0.1, 0.15) is 0 Å². The van der Waals surface area contributed by atoms with Crippen molar-refractivity contribution in [1.29, 1.82) is 0 Å². The number of amides is 1. The molecule has 1 aromatic rings. The Kier molecular flexibility index (Phi) is 4.01. The number of hydrogen-bond acceptors (Lipinski definition) is 5. The first-order valence-corrected chi connectivity index (χ1v) is 6.44. The summed E-state index contributed by atoms with van der Waals surface area (Å²) < 4.78 is 0. The van der Waals surface area contributed by atoms with E-state index in [1.54, 1.807) is 16.7 Å². The summed E-state index contributed by atoms with van der Waals surface area (Å²) in [4.78, 5) is 14.6. The number of benzene rings is 1. The van der Waals surface area contributed by atoms with E-state index in [0.29, 0.717) is 19.0 Å². The molecule has 0 bridgehead atoms. The van der Waals surface area contributed by atoms with Crippen molar-refractivity contribution in [2.45, 2.75) is 11.3 Å². The standard InChI is InChI=1S/C11H16N4OS/c12-4-3-8-1-2-10-9(5-8)15(7-14-13)11(16)6-17-10/h1-2,5,14H,3-4,6-7,12-13H2. The highest BCUT2D eigenvalue weighted by molar-refractivity contribution is 8.00. The Morgan fingerprint density at radius 1 is 1.47 bits per heavy atom. The number of fused-ring (bicyclic) bond motifs is 1. The van der Waals surface area contributed by atoms with Crippen molar-refractivity contribution in [3.63, 3.8) is 0 Å². The zero-order valence-corrected chi connectivity index (χ0v) is 10.3. The number of nitrogens with two attached hydrogens (primary N) is 2. The summed E-state index contributed by atoms with van der Waals surface area (Å²) in [6.07, 6.45) is 0.816. The van der Waals surface area contributed by atoms with E-state index in [4.69, 9.17) is 11.6 Å². The lowest BCUT2D eigenvalue weighted by atomic mass is 10.1. The van der Waals surface area contributed by atoms with Crippen LogP contribution in [0.25, 0.3) is 0 Å². The molecule has 5 N–H and O–H groups in total. The number of nitrogens with one attached hydrogen (secondary N) is 1. The molecule has 0 saturated carbocycles. The van der Waals surface area contributed by atoms with Crippen molar-refractivity contribution < 1.29 is 4.79 Å². The number of thioether (sulfide) groups is 1. The Morgan fingerprint density at radius 3 is 3.00 bits per heavy atom. The summed E-state index contributed by atoms with van der Waals surface area (Å²) in [5.41, 5.74) is 10.1. The van der Waals surface area contributed by atoms with Gasteiger partial charge in [-0.15, -0.1) is 11.8 Å². The second-order valence-corrected chi connectivity index (χ2v) is 4.83. The van der Waals surface area contributed by atoms with E-state index >= 15 is 0 Å². The number of anilines is 1. The lowest BCUT2D eigenvalue weighted by Crippen LogP contribution is -2.44. The third-order valence-corrected chi connectivity index (χ3v) is 3.70. The second-order valence-electron chi connectivity index (χ2n) is 3.81. The quantitative estimate of drug-likeness (QED) is 0.521. The maximum Gasteiger partial charge on any atom is 0.238 e. The fourth-order valence-corrected chi connectivity index (χ4v) is 2.75. The molecule has 0 saturated heterocycles. The van der Waals surface area contributed by atoms with Crippen molar-refractivity contribution >= 4 is 23.4 Å². The first kappa shape index (κ1) is 12.4. The predicted octanol–water partition coefficient (Wildman–Crippen LogP) is 0.0473. The highest BCUT2D eigenvalue weighted by Gasteiger charge is 2.24. The Balaban J connectivity index is 2.34. The minimum Gasteiger partial charge on any atom is -0.330 e. The largest absolute Gasteiger partial charge is 0.330 e. The Labute approximate surface area is 104 Å². The van der Waals surface area contributed by atoms with E-state index < -0.39 is 0 Å². The summed E-state index contributed by atoms with van der Waals surface area (Å²) in [5.74, 6) is 5.84. The van der Waals surface area contributed by atoms with E-state index in [-0.39, 0.29) is 5.91 Å². The van der Waals surface area contributed by atoms with Gasteiger partial charge in [-0.1, -0.05) is 6.07 Å². The number of hydrogen-bond donors (Lipinski definition) is 3. The fourth-order valence-electron chi connectivity index (χ4n) is 1.83. The number of rotatable bonds is 4. The first-order chi connectivity index (χ1) is 8.26. The molecule has 2 rings (SSSR count). The average Bonchev–Trinajstić information content (AvgIpc) is 2.33. The number of hydrazine groups is 1. The Bertz CT molecular complexity index is 424. The van der Waals surface area contributed by atoms with Crippen molar-refractivity contribution in [2.75, 3.05) is 23.9 Å². The van der Waals surface area contributed by atoms with Gasteiger partial charge in [0.25, 0.3) is 0 Å². The van der Waals surface area contributed by atoms with Gasteiger partial charge < -0.3 is 5.73 Å². The molecule has 0 atom stereocenters. The lowest BCUT2D eigenvalue weighted by molar-refractivity contribution is -0.116. The van der Waals surface area contributed by atoms with E-state index in [1.165, 1.54) is 0 Å². The van der Waals surface area contributed by atoms with Gasteiger partial charge in [0, 0.05) is 4.90 Å². The van der Waals surface area contributed by atoms with E-state index in [9.17, 15) is 4.79 Å². The molecule has 1 amide bonds. The fraction of sp³-hybridized carbons (Fsp3) is 0.364. The molecule has 0 fully saturated rings. The van der Waals surface area contributed by atoms with Gasteiger partial charge in [0.05, 0.1) is 18.1 Å². The second kappa shape index (κ2) is 5.50. The zero-order chi connectivity index (χ0) is 12.3. The van der Waals surface area contributed by atoms with E-state index in [1.807, 2.05) is 12.1 Å². The summed E-state index contributed by atoms with van der Waals surface area (Å²) in [6, 6.07) is 6.12. The normalized spacial score (nSPS) is 14.9. The topological polar surface area (TPSA) is 84.4 Å². The lowest BCUT2D eigenvalue weighted by Gasteiger charge is -2.29. The molecule has 5 nitrogen and oxygen atoms in total. The molecule has 6 heteroatoms. The third kappa shape index (κ3) is 2.61.